The number of morpholine rings is 1. The van der Waals surface area contributed by atoms with Crippen molar-refractivity contribution in [2.24, 2.45) is 0 Å². The summed E-state index contributed by atoms with van der Waals surface area (Å²) in [5.41, 5.74) is 0. The summed E-state index contributed by atoms with van der Waals surface area (Å²) in [5, 5.41) is 2.06. The normalized spacial score (nSPS) is 21.1. The molecule has 0 spiro atoms. The number of hydrogen-bond acceptors (Lipinski definition) is 4. The highest BCUT2D eigenvalue weighted by atomic mass is 32.1. The van der Waals surface area contributed by atoms with Crippen LogP contribution in [-0.4, -0.2) is 43.0 Å². The summed E-state index contributed by atoms with van der Waals surface area (Å²) in [6.07, 6.45) is 2.39. The first-order chi connectivity index (χ1) is 8.79. The zero-order valence-electron chi connectivity index (χ0n) is 10.9. The van der Waals surface area contributed by atoms with Crippen LogP contribution in [0.4, 0.5) is 0 Å². The molecule has 2 heterocycles. The molecule has 1 fully saturated rings. The van der Waals surface area contributed by atoms with Crippen molar-refractivity contribution in [1.29, 1.82) is 0 Å². The van der Waals surface area contributed by atoms with E-state index in [9.17, 15) is 4.79 Å². The predicted molar refractivity (Wildman–Crippen MR) is 74.1 cm³/mol. The molecular formula is C14H21NO2S. The molecule has 3 nitrogen and oxygen atoms in total. The van der Waals surface area contributed by atoms with E-state index in [1.165, 1.54) is 4.88 Å². The Kier molecular flexibility index (Phi) is 5.35. The van der Waals surface area contributed by atoms with Gasteiger partial charge in [-0.05, 0) is 30.8 Å². The second-order valence-corrected chi connectivity index (χ2v) is 5.74. The van der Waals surface area contributed by atoms with E-state index in [0.29, 0.717) is 13.0 Å². The topological polar surface area (TPSA) is 29.5 Å². The monoisotopic (exact) mass is 267 g/mol. The molecule has 0 N–H and O–H groups in total. The molecule has 0 radical (unpaired) electrons. The van der Waals surface area contributed by atoms with Crippen LogP contribution in [0.5, 0.6) is 0 Å². The Morgan fingerprint density at radius 3 is 3.22 bits per heavy atom. The summed E-state index contributed by atoms with van der Waals surface area (Å²) in [5.74, 6) is 0.254. The van der Waals surface area contributed by atoms with Crippen LogP contribution in [0.2, 0.25) is 0 Å². The van der Waals surface area contributed by atoms with E-state index in [2.05, 4.69) is 23.3 Å². The SMILES string of the molecule is CCCN1CCOC(C(=O)CCc2cccs2)C1. The molecule has 1 saturated heterocycles. The average Bonchev–Trinajstić information content (AvgIpc) is 2.90. The zero-order valence-corrected chi connectivity index (χ0v) is 11.7. The first kappa shape index (κ1) is 13.7. The number of aryl methyl sites for hydroxylation is 1. The predicted octanol–water partition coefficient (Wildman–Crippen LogP) is 2.36. The molecule has 1 aliphatic rings. The number of ether oxygens (including phenoxy) is 1. The molecule has 18 heavy (non-hydrogen) atoms. The summed E-state index contributed by atoms with van der Waals surface area (Å²) >= 11 is 1.72. The molecule has 1 aromatic rings. The van der Waals surface area contributed by atoms with E-state index < -0.39 is 0 Å². The molecule has 4 heteroatoms. The lowest BCUT2D eigenvalue weighted by Gasteiger charge is -2.31. The fraction of sp³-hybridized carbons (Fsp3) is 0.643. The van der Waals surface area contributed by atoms with Crippen molar-refractivity contribution in [3.63, 3.8) is 0 Å². The van der Waals surface area contributed by atoms with Gasteiger partial charge in [-0.3, -0.25) is 9.69 Å². The Balaban J connectivity index is 1.77. The van der Waals surface area contributed by atoms with Crippen LogP contribution < -0.4 is 0 Å². The first-order valence-electron chi connectivity index (χ1n) is 6.68. The van der Waals surface area contributed by atoms with Gasteiger partial charge in [0.25, 0.3) is 0 Å². The van der Waals surface area contributed by atoms with Crippen LogP contribution in [0.25, 0.3) is 0 Å². The molecule has 2 rings (SSSR count). The van der Waals surface area contributed by atoms with Crippen LogP contribution in [0.15, 0.2) is 17.5 Å². The Morgan fingerprint density at radius 2 is 2.50 bits per heavy atom. The summed E-state index contributed by atoms with van der Waals surface area (Å²) in [7, 11) is 0. The summed E-state index contributed by atoms with van der Waals surface area (Å²) in [6, 6.07) is 4.12. The largest absolute Gasteiger partial charge is 0.368 e. The smallest absolute Gasteiger partial charge is 0.163 e. The van der Waals surface area contributed by atoms with Gasteiger partial charge in [0.1, 0.15) is 6.10 Å². The highest BCUT2D eigenvalue weighted by molar-refractivity contribution is 7.09. The molecule has 0 aromatic carbocycles. The van der Waals surface area contributed by atoms with Crippen LogP contribution in [0.3, 0.4) is 0 Å². The molecule has 0 saturated carbocycles. The number of nitrogens with zero attached hydrogens (tertiary/aromatic N) is 1. The second kappa shape index (κ2) is 7.02. The van der Waals surface area contributed by atoms with Gasteiger partial charge in [-0.2, -0.15) is 0 Å². The second-order valence-electron chi connectivity index (χ2n) is 4.71. The van der Waals surface area contributed by atoms with Crippen LogP contribution >= 0.6 is 11.3 Å². The summed E-state index contributed by atoms with van der Waals surface area (Å²) in [6.45, 7) is 5.66. The quantitative estimate of drug-likeness (QED) is 0.792. The lowest BCUT2D eigenvalue weighted by Crippen LogP contribution is -2.46. The van der Waals surface area contributed by atoms with Gasteiger partial charge in [-0.25, -0.2) is 0 Å². The lowest BCUT2D eigenvalue weighted by molar-refractivity contribution is -0.136. The first-order valence-corrected chi connectivity index (χ1v) is 7.56. The molecule has 1 unspecified atom stereocenters. The fourth-order valence-corrected chi connectivity index (χ4v) is 2.99. The van der Waals surface area contributed by atoms with Crippen molar-refractivity contribution >= 4 is 17.1 Å². The Labute approximate surface area is 113 Å². The van der Waals surface area contributed by atoms with Gasteiger partial charge in [0, 0.05) is 24.4 Å². The maximum Gasteiger partial charge on any atom is 0.163 e. The minimum atomic E-state index is -0.203. The summed E-state index contributed by atoms with van der Waals surface area (Å²) < 4.78 is 5.60. The van der Waals surface area contributed by atoms with Crippen LogP contribution in [0, 0.1) is 0 Å². The molecular weight excluding hydrogens is 246 g/mol. The van der Waals surface area contributed by atoms with Crippen molar-refractivity contribution in [3.8, 4) is 0 Å². The van der Waals surface area contributed by atoms with Gasteiger partial charge < -0.3 is 4.74 Å². The number of rotatable bonds is 6. The van der Waals surface area contributed by atoms with Crippen molar-refractivity contribution < 1.29 is 9.53 Å². The van der Waals surface area contributed by atoms with Crippen LogP contribution in [0.1, 0.15) is 24.6 Å². The van der Waals surface area contributed by atoms with Crippen LogP contribution in [-0.2, 0) is 16.0 Å². The minimum absolute atomic E-state index is 0.203. The molecule has 100 valence electrons. The van der Waals surface area contributed by atoms with E-state index in [-0.39, 0.29) is 11.9 Å². The van der Waals surface area contributed by atoms with Gasteiger partial charge in [-0.1, -0.05) is 13.0 Å². The molecule has 1 aliphatic heterocycles. The molecule has 0 aliphatic carbocycles. The third-order valence-corrected chi connectivity index (χ3v) is 4.18. The lowest BCUT2D eigenvalue weighted by atomic mass is 10.1. The highest BCUT2D eigenvalue weighted by Gasteiger charge is 2.25. The number of carbonyl (C=O) groups is 1. The van der Waals surface area contributed by atoms with E-state index in [1.54, 1.807) is 11.3 Å². The third kappa shape index (κ3) is 3.90. The number of ketones is 1. The van der Waals surface area contributed by atoms with Crippen molar-refractivity contribution in [3.05, 3.63) is 22.4 Å². The third-order valence-electron chi connectivity index (χ3n) is 3.25. The van der Waals surface area contributed by atoms with Crippen molar-refractivity contribution in [2.75, 3.05) is 26.2 Å². The van der Waals surface area contributed by atoms with Gasteiger partial charge >= 0.3 is 0 Å². The maximum atomic E-state index is 12.1. The summed E-state index contributed by atoms with van der Waals surface area (Å²) in [4.78, 5) is 15.7. The molecule has 1 aromatic heterocycles. The van der Waals surface area contributed by atoms with E-state index in [1.807, 2.05) is 6.07 Å². The van der Waals surface area contributed by atoms with E-state index >= 15 is 0 Å². The van der Waals surface area contributed by atoms with Gasteiger partial charge in [-0.15, -0.1) is 11.3 Å². The Hall–Kier alpha value is -0.710. The number of hydrogen-bond donors (Lipinski definition) is 0. The van der Waals surface area contributed by atoms with E-state index in [0.717, 1.165) is 32.5 Å². The molecule has 0 bridgehead atoms. The number of carbonyl (C=O) groups excluding carboxylic acids is 1. The number of thiophene rings is 1. The van der Waals surface area contributed by atoms with Gasteiger partial charge in [0.15, 0.2) is 5.78 Å². The van der Waals surface area contributed by atoms with Gasteiger partial charge in [0.2, 0.25) is 0 Å². The Morgan fingerprint density at radius 1 is 1.61 bits per heavy atom. The highest BCUT2D eigenvalue weighted by Crippen LogP contribution is 2.14. The Bertz CT molecular complexity index is 362. The minimum Gasteiger partial charge on any atom is -0.368 e. The van der Waals surface area contributed by atoms with Gasteiger partial charge in [0.05, 0.1) is 6.61 Å². The zero-order chi connectivity index (χ0) is 12.8. The average molecular weight is 267 g/mol. The standard InChI is InChI=1S/C14H21NO2S/c1-2-7-15-8-9-17-14(11-15)13(16)6-5-12-4-3-10-18-12/h3-4,10,14H,2,5-9,11H2,1H3. The number of Topliss-reactive ketones (excluding diaryl/α,β-unsaturated/α-hetero) is 1. The van der Waals surface area contributed by atoms with Crippen molar-refractivity contribution in [1.82, 2.24) is 4.90 Å². The molecule has 1 atom stereocenters. The van der Waals surface area contributed by atoms with E-state index in [4.69, 9.17) is 4.74 Å². The molecule has 0 amide bonds. The maximum absolute atomic E-state index is 12.1. The van der Waals surface area contributed by atoms with Crippen molar-refractivity contribution in [2.45, 2.75) is 32.3 Å². The fourth-order valence-electron chi connectivity index (χ4n) is 2.28.